The molecule has 124 valence electrons. The van der Waals surface area contributed by atoms with E-state index in [1.54, 1.807) is 19.1 Å². The van der Waals surface area contributed by atoms with Gasteiger partial charge in [0.05, 0.1) is 12.5 Å². The summed E-state index contributed by atoms with van der Waals surface area (Å²) in [5, 5.41) is 7.34. The number of hydrogen-bond donors (Lipinski definition) is 0. The van der Waals surface area contributed by atoms with Crippen LogP contribution < -0.4 is 0 Å². The molecule has 2 heterocycles. The van der Waals surface area contributed by atoms with E-state index in [-0.39, 0.29) is 29.5 Å². The van der Waals surface area contributed by atoms with Crippen LogP contribution in [0, 0.1) is 5.92 Å². The third-order valence-electron chi connectivity index (χ3n) is 3.87. The van der Waals surface area contributed by atoms with E-state index in [1.165, 1.54) is 10.4 Å². The molecule has 0 bridgehead atoms. The third kappa shape index (κ3) is 2.93. The van der Waals surface area contributed by atoms with Gasteiger partial charge < -0.3 is 4.74 Å². The quantitative estimate of drug-likeness (QED) is 0.771. The molecular weight excluding hydrogens is 322 g/mol. The molecule has 0 N–H and O–H groups in total. The summed E-state index contributed by atoms with van der Waals surface area (Å²) >= 11 is 0. The summed E-state index contributed by atoms with van der Waals surface area (Å²) in [6, 6.07) is 4.69. The molecule has 0 amide bonds. The van der Waals surface area contributed by atoms with Gasteiger partial charge >= 0.3 is 5.97 Å². The first-order chi connectivity index (χ1) is 11.0. The lowest BCUT2D eigenvalue weighted by molar-refractivity contribution is -0.149. The molecule has 0 saturated carbocycles. The average molecular weight is 339 g/mol. The molecular formula is C14H17N3O5S. The minimum Gasteiger partial charge on any atom is -0.466 e. The summed E-state index contributed by atoms with van der Waals surface area (Å²) in [6.07, 6.45) is 1.23. The van der Waals surface area contributed by atoms with E-state index in [4.69, 9.17) is 4.74 Å². The van der Waals surface area contributed by atoms with Crippen LogP contribution >= 0.6 is 0 Å². The molecule has 1 atom stereocenters. The number of benzene rings is 1. The van der Waals surface area contributed by atoms with Crippen LogP contribution in [0.4, 0.5) is 0 Å². The second-order valence-electron chi connectivity index (χ2n) is 5.34. The standard InChI is InChI=1S/C14H17N3O5S/c1-2-21-14(18)10-5-4-8-17(9-10)23(19,20)12-7-3-6-11-13(12)16-22-15-11/h3,6-7,10H,2,4-5,8-9H2,1H3. The number of fused-ring (bicyclic) bond motifs is 1. The number of nitrogens with zero attached hydrogens (tertiary/aromatic N) is 3. The summed E-state index contributed by atoms with van der Waals surface area (Å²) < 4.78 is 36.7. The minimum atomic E-state index is -3.78. The highest BCUT2D eigenvalue weighted by Crippen LogP contribution is 2.27. The second-order valence-corrected chi connectivity index (χ2v) is 7.25. The molecule has 1 saturated heterocycles. The lowest BCUT2D eigenvalue weighted by atomic mass is 10.0. The van der Waals surface area contributed by atoms with Gasteiger partial charge in [-0.15, -0.1) is 0 Å². The smallest absolute Gasteiger partial charge is 0.310 e. The molecule has 1 aromatic heterocycles. The van der Waals surface area contributed by atoms with Gasteiger partial charge in [-0.3, -0.25) is 4.79 Å². The monoisotopic (exact) mass is 339 g/mol. The minimum absolute atomic E-state index is 0.0424. The van der Waals surface area contributed by atoms with Crippen molar-refractivity contribution in [1.82, 2.24) is 14.6 Å². The zero-order valence-corrected chi connectivity index (χ0v) is 13.5. The normalized spacial score (nSPS) is 19.8. The fourth-order valence-electron chi connectivity index (χ4n) is 2.74. The number of piperidine rings is 1. The number of sulfonamides is 1. The van der Waals surface area contributed by atoms with Crippen molar-refractivity contribution in [1.29, 1.82) is 0 Å². The fourth-order valence-corrected chi connectivity index (χ4v) is 4.40. The van der Waals surface area contributed by atoms with E-state index < -0.39 is 15.9 Å². The van der Waals surface area contributed by atoms with Gasteiger partial charge in [0.15, 0.2) is 5.52 Å². The lowest BCUT2D eigenvalue weighted by Gasteiger charge is -2.30. The maximum atomic E-state index is 12.9. The Morgan fingerprint density at radius 3 is 3.04 bits per heavy atom. The molecule has 1 aliphatic heterocycles. The Morgan fingerprint density at radius 2 is 2.26 bits per heavy atom. The van der Waals surface area contributed by atoms with Crippen LogP contribution in [0.2, 0.25) is 0 Å². The molecule has 0 aliphatic carbocycles. The number of hydrogen-bond acceptors (Lipinski definition) is 7. The molecule has 9 heteroatoms. The highest BCUT2D eigenvalue weighted by Gasteiger charge is 2.35. The highest BCUT2D eigenvalue weighted by atomic mass is 32.2. The lowest BCUT2D eigenvalue weighted by Crippen LogP contribution is -2.42. The summed E-state index contributed by atoms with van der Waals surface area (Å²) in [6.45, 7) is 2.49. The van der Waals surface area contributed by atoms with E-state index in [9.17, 15) is 13.2 Å². The molecule has 1 unspecified atom stereocenters. The number of carbonyl (C=O) groups excluding carboxylic acids is 1. The first-order valence-corrected chi connectivity index (χ1v) is 8.86. The average Bonchev–Trinajstić information content (AvgIpc) is 3.03. The Labute approximate surface area is 133 Å². The topological polar surface area (TPSA) is 103 Å². The van der Waals surface area contributed by atoms with Crippen LogP contribution in [0.15, 0.2) is 27.7 Å². The number of esters is 1. The molecule has 1 aromatic carbocycles. The summed E-state index contributed by atoms with van der Waals surface area (Å²) in [7, 11) is -3.78. The van der Waals surface area contributed by atoms with Gasteiger partial charge in [-0.25, -0.2) is 13.0 Å². The number of ether oxygens (including phenoxy) is 1. The molecule has 1 aliphatic rings. The van der Waals surface area contributed by atoms with Crippen molar-refractivity contribution in [2.75, 3.05) is 19.7 Å². The van der Waals surface area contributed by atoms with Crippen molar-refractivity contribution in [3.8, 4) is 0 Å². The second kappa shape index (κ2) is 6.25. The van der Waals surface area contributed by atoms with E-state index in [0.717, 1.165) is 0 Å². The van der Waals surface area contributed by atoms with Gasteiger partial charge in [-0.05, 0) is 42.2 Å². The predicted octanol–water partition coefficient (Wildman–Crippen LogP) is 1.19. The van der Waals surface area contributed by atoms with E-state index in [2.05, 4.69) is 14.9 Å². The van der Waals surface area contributed by atoms with Crippen LogP contribution in [0.3, 0.4) is 0 Å². The van der Waals surface area contributed by atoms with Gasteiger partial charge in [-0.1, -0.05) is 6.07 Å². The molecule has 0 radical (unpaired) electrons. The maximum absolute atomic E-state index is 12.9. The highest BCUT2D eigenvalue weighted by molar-refractivity contribution is 7.89. The molecule has 2 aromatic rings. The van der Waals surface area contributed by atoms with Crippen LogP contribution in [0.5, 0.6) is 0 Å². The fraction of sp³-hybridized carbons (Fsp3) is 0.500. The first kappa shape index (κ1) is 15.9. The Bertz CT molecular complexity index is 817. The zero-order valence-electron chi connectivity index (χ0n) is 12.6. The third-order valence-corrected chi connectivity index (χ3v) is 5.77. The Morgan fingerprint density at radius 1 is 1.43 bits per heavy atom. The van der Waals surface area contributed by atoms with Gasteiger partial charge in [0, 0.05) is 13.1 Å². The summed E-state index contributed by atoms with van der Waals surface area (Å²) in [5.74, 6) is -0.790. The summed E-state index contributed by atoms with van der Waals surface area (Å²) in [5.41, 5.74) is 0.579. The Hall–Kier alpha value is -2.00. The van der Waals surface area contributed by atoms with Crippen LogP contribution in [0.1, 0.15) is 19.8 Å². The SMILES string of the molecule is CCOC(=O)C1CCCN(S(=O)(=O)c2cccc3nonc23)C1. The first-order valence-electron chi connectivity index (χ1n) is 7.42. The van der Waals surface area contributed by atoms with Crippen molar-refractivity contribution in [2.45, 2.75) is 24.7 Å². The van der Waals surface area contributed by atoms with Crippen LogP contribution in [0.25, 0.3) is 11.0 Å². The maximum Gasteiger partial charge on any atom is 0.310 e. The van der Waals surface area contributed by atoms with Crippen LogP contribution in [-0.4, -0.2) is 48.7 Å². The van der Waals surface area contributed by atoms with Crippen LogP contribution in [-0.2, 0) is 19.6 Å². The van der Waals surface area contributed by atoms with E-state index in [1.807, 2.05) is 0 Å². The van der Waals surface area contributed by atoms with Gasteiger partial charge in [0.1, 0.15) is 10.4 Å². The Balaban J connectivity index is 1.90. The van der Waals surface area contributed by atoms with Crippen molar-refractivity contribution in [3.05, 3.63) is 18.2 Å². The zero-order chi connectivity index (χ0) is 16.4. The largest absolute Gasteiger partial charge is 0.466 e. The number of rotatable bonds is 4. The van der Waals surface area contributed by atoms with E-state index in [0.29, 0.717) is 24.9 Å². The molecule has 0 spiro atoms. The van der Waals surface area contributed by atoms with Crippen molar-refractivity contribution in [2.24, 2.45) is 5.92 Å². The van der Waals surface area contributed by atoms with Gasteiger partial charge in [-0.2, -0.15) is 4.31 Å². The molecule has 3 rings (SSSR count). The van der Waals surface area contributed by atoms with Gasteiger partial charge in [0.25, 0.3) is 0 Å². The molecule has 23 heavy (non-hydrogen) atoms. The van der Waals surface area contributed by atoms with Crippen molar-refractivity contribution >= 4 is 27.0 Å². The molecule has 1 fully saturated rings. The predicted molar refractivity (Wildman–Crippen MR) is 79.9 cm³/mol. The van der Waals surface area contributed by atoms with Gasteiger partial charge in [0.2, 0.25) is 10.0 Å². The molecule has 8 nitrogen and oxygen atoms in total. The number of aromatic nitrogens is 2. The van der Waals surface area contributed by atoms with E-state index >= 15 is 0 Å². The summed E-state index contributed by atoms with van der Waals surface area (Å²) in [4.78, 5) is 11.9. The Kier molecular flexibility index (Phi) is 4.31. The number of carbonyl (C=O) groups is 1. The van der Waals surface area contributed by atoms with Crippen molar-refractivity contribution in [3.63, 3.8) is 0 Å². The van der Waals surface area contributed by atoms with Crippen molar-refractivity contribution < 1.29 is 22.6 Å².